The number of carbonyl (C=O) groups excluding carboxylic acids is 1. The van der Waals surface area contributed by atoms with Gasteiger partial charge in [-0.1, -0.05) is 43.2 Å². The molecule has 1 aromatic rings. The van der Waals surface area contributed by atoms with Crippen LogP contribution in [0, 0.1) is 5.92 Å². The largest absolute Gasteiger partial charge is 0.480 e. The number of fused-ring (bicyclic) bond motifs is 1. The van der Waals surface area contributed by atoms with E-state index in [4.69, 9.17) is 0 Å². The van der Waals surface area contributed by atoms with Gasteiger partial charge in [-0.25, -0.2) is 4.79 Å². The Balaban J connectivity index is 1.66. The van der Waals surface area contributed by atoms with Crippen molar-refractivity contribution < 1.29 is 24.6 Å². The number of aliphatic carboxylic acids is 2. The van der Waals surface area contributed by atoms with Crippen LogP contribution >= 0.6 is 11.8 Å². The maximum Gasteiger partial charge on any atom is 0.326 e. The van der Waals surface area contributed by atoms with Crippen LogP contribution in [-0.2, 0) is 20.8 Å². The fourth-order valence-corrected chi connectivity index (χ4v) is 5.81. The zero-order chi connectivity index (χ0) is 21.0. The summed E-state index contributed by atoms with van der Waals surface area (Å²) < 4.78 is 0. The van der Waals surface area contributed by atoms with Crippen LogP contribution in [0.2, 0.25) is 0 Å². The van der Waals surface area contributed by atoms with Crippen molar-refractivity contribution in [2.24, 2.45) is 5.92 Å². The zero-order valence-corrected chi connectivity index (χ0v) is 17.5. The Bertz CT molecular complexity index is 740. The van der Waals surface area contributed by atoms with Gasteiger partial charge in [-0.15, -0.1) is 11.8 Å². The van der Waals surface area contributed by atoms with Gasteiger partial charge in [0.05, 0.1) is 5.25 Å². The normalized spacial score (nSPS) is 25.8. The second-order valence-electron chi connectivity index (χ2n) is 8.08. The second kappa shape index (κ2) is 9.65. The van der Waals surface area contributed by atoms with Gasteiger partial charge in [0.1, 0.15) is 11.3 Å². The third kappa shape index (κ3) is 5.13. The van der Waals surface area contributed by atoms with Crippen LogP contribution in [0.25, 0.3) is 0 Å². The number of likely N-dealkylation sites (tertiary alicyclic amines) is 1. The molecule has 158 valence electrons. The van der Waals surface area contributed by atoms with Gasteiger partial charge < -0.3 is 15.1 Å². The lowest BCUT2D eigenvalue weighted by atomic mass is 9.84. The van der Waals surface area contributed by atoms with Gasteiger partial charge in [0.25, 0.3) is 0 Å². The topological polar surface area (TPSA) is 94.9 Å². The number of aryl methyl sites for hydroxylation is 1. The Labute approximate surface area is 175 Å². The Morgan fingerprint density at radius 1 is 1.14 bits per heavy atom. The van der Waals surface area contributed by atoms with Crippen molar-refractivity contribution in [3.05, 3.63) is 35.9 Å². The third-order valence-electron chi connectivity index (χ3n) is 6.16. The lowest BCUT2D eigenvalue weighted by Crippen LogP contribution is -2.49. The number of hydrogen-bond acceptors (Lipinski definition) is 4. The van der Waals surface area contributed by atoms with Crippen LogP contribution in [0.4, 0.5) is 0 Å². The second-order valence-corrected chi connectivity index (χ2v) is 9.62. The molecule has 1 heterocycles. The first-order chi connectivity index (χ1) is 13.9. The summed E-state index contributed by atoms with van der Waals surface area (Å²) >= 11 is 1.14. The minimum atomic E-state index is -0.955. The minimum Gasteiger partial charge on any atom is -0.480 e. The fourth-order valence-electron chi connectivity index (χ4n) is 4.70. The molecule has 0 aromatic heterocycles. The predicted molar refractivity (Wildman–Crippen MR) is 112 cm³/mol. The number of thioether (sulfide) groups is 1. The number of rotatable bonds is 8. The van der Waals surface area contributed by atoms with Gasteiger partial charge in [0.15, 0.2) is 0 Å². The Morgan fingerprint density at radius 2 is 1.83 bits per heavy atom. The first-order valence-electron chi connectivity index (χ1n) is 10.4. The number of carboxylic acid groups (broad SMARTS) is 2. The Morgan fingerprint density at radius 3 is 2.48 bits per heavy atom. The Hall–Kier alpha value is -2.02. The first kappa shape index (κ1) is 21.7. The molecule has 1 aliphatic heterocycles. The van der Waals surface area contributed by atoms with E-state index in [1.807, 2.05) is 30.3 Å². The average molecular weight is 420 g/mol. The van der Waals surface area contributed by atoms with E-state index < -0.39 is 28.5 Å². The molecular weight excluding hydrogens is 390 g/mol. The van der Waals surface area contributed by atoms with Crippen molar-refractivity contribution in [1.29, 1.82) is 0 Å². The lowest BCUT2D eigenvalue weighted by molar-refractivity contribution is -0.149. The molecule has 1 aromatic carbocycles. The highest BCUT2D eigenvalue weighted by Crippen LogP contribution is 2.41. The number of carboxylic acids is 2. The molecule has 1 saturated carbocycles. The van der Waals surface area contributed by atoms with Crippen molar-refractivity contribution in [2.45, 2.75) is 74.5 Å². The van der Waals surface area contributed by atoms with Crippen LogP contribution in [0.5, 0.6) is 0 Å². The molecule has 3 rings (SSSR count). The van der Waals surface area contributed by atoms with Crippen LogP contribution in [-0.4, -0.2) is 55.5 Å². The summed E-state index contributed by atoms with van der Waals surface area (Å²) in [4.78, 5) is 38.3. The summed E-state index contributed by atoms with van der Waals surface area (Å²) in [5.74, 6) is -1.87. The predicted octanol–water partition coefficient (Wildman–Crippen LogP) is 3.44. The molecule has 5 atom stereocenters. The van der Waals surface area contributed by atoms with Crippen LogP contribution in [0.1, 0.15) is 51.0 Å². The monoisotopic (exact) mass is 419 g/mol. The van der Waals surface area contributed by atoms with Gasteiger partial charge in [-0.3, -0.25) is 9.59 Å². The molecule has 4 unspecified atom stereocenters. The van der Waals surface area contributed by atoms with Crippen molar-refractivity contribution in [3.8, 4) is 0 Å². The lowest BCUT2D eigenvalue weighted by Gasteiger charge is -2.34. The summed E-state index contributed by atoms with van der Waals surface area (Å²) in [6.07, 6.45) is 5.46. The number of amides is 1. The molecule has 2 aliphatic rings. The average Bonchev–Trinajstić information content (AvgIpc) is 3.10. The summed E-state index contributed by atoms with van der Waals surface area (Å²) in [7, 11) is 0. The minimum absolute atomic E-state index is 0.0204. The molecule has 0 spiro atoms. The summed E-state index contributed by atoms with van der Waals surface area (Å²) in [5, 5.41) is 18.0. The molecule has 1 aliphatic carbocycles. The third-order valence-corrected chi connectivity index (χ3v) is 7.53. The fraction of sp³-hybridized carbons (Fsp3) is 0.591. The van der Waals surface area contributed by atoms with Crippen molar-refractivity contribution in [1.82, 2.24) is 4.90 Å². The summed E-state index contributed by atoms with van der Waals surface area (Å²) in [6, 6.07) is 8.88. The molecule has 7 heteroatoms. The van der Waals surface area contributed by atoms with Gasteiger partial charge in [-0.2, -0.15) is 0 Å². The number of hydrogen-bond donors (Lipinski definition) is 2. The van der Waals surface area contributed by atoms with Gasteiger partial charge >= 0.3 is 11.9 Å². The maximum atomic E-state index is 13.2. The summed E-state index contributed by atoms with van der Waals surface area (Å²) in [5.41, 5.74) is 1.06. The van der Waals surface area contributed by atoms with Gasteiger partial charge in [-0.05, 0) is 50.5 Å². The smallest absolute Gasteiger partial charge is 0.326 e. The molecule has 1 saturated heterocycles. The SMILES string of the molecule is CC(SC(CCc1ccccc1)C(=O)O)C(=O)N1C2CCCCC2C[C@H]1C(=O)O. The maximum absolute atomic E-state index is 13.2. The molecule has 2 N–H and O–H groups in total. The van der Waals surface area contributed by atoms with E-state index in [9.17, 15) is 24.6 Å². The number of benzene rings is 1. The van der Waals surface area contributed by atoms with E-state index in [-0.39, 0.29) is 17.9 Å². The number of carbonyl (C=O) groups is 3. The van der Waals surface area contributed by atoms with Gasteiger partial charge in [0, 0.05) is 6.04 Å². The van der Waals surface area contributed by atoms with Crippen LogP contribution < -0.4 is 0 Å². The quantitative estimate of drug-likeness (QED) is 0.670. The standard InChI is InChI=1S/C22H29NO5S/c1-14(29-19(22(27)28)12-11-15-7-3-2-4-8-15)20(24)23-17-10-6-5-9-16(17)13-18(23)21(25)26/h2-4,7-8,14,16-19H,5-6,9-13H2,1H3,(H,25,26)(H,27,28)/t14?,16?,17?,18-,19?/m0/s1. The number of nitrogens with zero attached hydrogens (tertiary/aromatic N) is 1. The zero-order valence-electron chi connectivity index (χ0n) is 16.7. The first-order valence-corrected chi connectivity index (χ1v) is 11.3. The molecule has 6 nitrogen and oxygen atoms in total. The van der Waals surface area contributed by atoms with Crippen molar-refractivity contribution >= 4 is 29.6 Å². The van der Waals surface area contributed by atoms with E-state index in [2.05, 4.69) is 0 Å². The Kier molecular flexibility index (Phi) is 7.22. The van der Waals surface area contributed by atoms with E-state index in [1.54, 1.807) is 11.8 Å². The molecule has 0 radical (unpaired) electrons. The molecule has 29 heavy (non-hydrogen) atoms. The summed E-state index contributed by atoms with van der Waals surface area (Å²) in [6.45, 7) is 1.71. The highest BCUT2D eigenvalue weighted by atomic mass is 32.2. The molecule has 0 bridgehead atoms. The van der Waals surface area contributed by atoms with E-state index in [1.165, 1.54) is 0 Å². The molecule has 2 fully saturated rings. The van der Waals surface area contributed by atoms with E-state index >= 15 is 0 Å². The van der Waals surface area contributed by atoms with E-state index in [0.717, 1.165) is 43.0 Å². The van der Waals surface area contributed by atoms with E-state index in [0.29, 0.717) is 19.3 Å². The molecule has 1 amide bonds. The highest BCUT2D eigenvalue weighted by Gasteiger charge is 2.48. The van der Waals surface area contributed by atoms with Gasteiger partial charge in [0.2, 0.25) is 5.91 Å². The molecular formula is C22H29NO5S. The highest BCUT2D eigenvalue weighted by molar-refractivity contribution is 8.01. The van der Waals surface area contributed by atoms with Crippen molar-refractivity contribution in [3.63, 3.8) is 0 Å². The van der Waals surface area contributed by atoms with Crippen molar-refractivity contribution in [2.75, 3.05) is 0 Å². The van der Waals surface area contributed by atoms with Crippen LogP contribution in [0.3, 0.4) is 0 Å². The van der Waals surface area contributed by atoms with Crippen LogP contribution in [0.15, 0.2) is 30.3 Å².